The van der Waals surface area contributed by atoms with Gasteiger partial charge in [0.25, 0.3) is 0 Å². The van der Waals surface area contributed by atoms with Crippen molar-refractivity contribution in [1.29, 1.82) is 0 Å². The van der Waals surface area contributed by atoms with Crippen LogP contribution in [0.2, 0.25) is 34.8 Å². The van der Waals surface area contributed by atoms with Crippen LogP contribution in [-0.4, -0.2) is 52.6 Å². The summed E-state index contributed by atoms with van der Waals surface area (Å²) in [5, 5.41) is 10.7. The molecule has 1 aliphatic carbocycles. The zero-order chi connectivity index (χ0) is 27.3. The van der Waals surface area contributed by atoms with E-state index in [0.717, 1.165) is 12.8 Å². The summed E-state index contributed by atoms with van der Waals surface area (Å²) in [5.74, 6) is 6.74. The van der Waals surface area contributed by atoms with Crippen molar-refractivity contribution in [3.63, 3.8) is 0 Å². The van der Waals surface area contributed by atoms with Crippen molar-refractivity contribution in [2.45, 2.75) is 129 Å². The lowest BCUT2D eigenvalue weighted by Crippen LogP contribution is -2.68. The standard InChI is InChI=1S/C30H50O4Si2/c1-21(2)36(22(3)4,23(5)6)17-12-13-24-26-29(19-31,20-33-24)15-14-25-30(26,27(32)34-25)16-18-35(10,11)28(7,8)9/h21-26,31H,13-15,19-20H2,1-11H3/t24-,25+,26-,29+,30+/m0/s1. The summed E-state index contributed by atoms with van der Waals surface area (Å²) in [4.78, 5) is 13.3. The van der Waals surface area contributed by atoms with Gasteiger partial charge in [-0.1, -0.05) is 81.3 Å². The highest BCUT2D eigenvalue weighted by Gasteiger charge is 2.73. The molecule has 2 saturated heterocycles. The number of aliphatic hydroxyl groups is 1. The largest absolute Gasteiger partial charge is 0.459 e. The third-order valence-electron chi connectivity index (χ3n) is 10.4. The first-order chi connectivity index (χ1) is 16.5. The van der Waals surface area contributed by atoms with E-state index >= 15 is 0 Å². The van der Waals surface area contributed by atoms with E-state index in [1.807, 2.05) is 0 Å². The fraction of sp³-hybridized carbons (Fsp3) is 0.833. The summed E-state index contributed by atoms with van der Waals surface area (Å²) in [7, 11) is -3.80. The van der Waals surface area contributed by atoms with Crippen molar-refractivity contribution in [3.8, 4) is 22.9 Å². The molecule has 36 heavy (non-hydrogen) atoms. The maximum Gasteiger partial charge on any atom is 0.328 e. The summed E-state index contributed by atoms with van der Waals surface area (Å²) < 4.78 is 12.1. The maximum absolute atomic E-state index is 13.3. The summed E-state index contributed by atoms with van der Waals surface area (Å²) in [6, 6.07) is 0. The zero-order valence-corrected chi connectivity index (χ0v) is 26.7. The first kappa shape index (κ1) is 29.5. The van der Waals surface area contributed by atoms with Crippen molar-refractivity contribution in [2.24, 2.45) is 16.7 Å². The number of ether oxygens (including phenoxy) is 2. The molecule has 1 N–H and O–H groups in total. The highest BCUT2D eigenvalue weighted by molar-refractivity contribution is 6.90. The lowest BCUT2D eigenvalue weighted by atomic mass is 9.51. The summed E-state index contributed by atoms with van der Waals surface area (Å²) in [5.41, 5.74) is 7.82. The highest BCUT2D eigenvalue weighted by Crippen LogP contribution is 2.62. The summed E-state index contributed by atoms with van der Waals surface area (Å²) in [6.45, 7) is 25.7. The van der Waals surface area contributed by atoms with E-state index in [-0.39, 0.29) is 35.7 Å². The molecule has 0 spiro atoms. The van der Waals surface area contributed by atoms with Gasteiger partial charge in [-0.25, -0.2) is 0 Å². The Hall–Kier alpha value is -1.06. The Labute approximate surface area is 222 Å². The maximum atomic E-state index is 13.3. The van der Waals surface area contributed by atoms with Crippen LogP contribution in [0.15, 0.2) is 0 Å². The SMILES string of the molecule is CC(C)[Si](C#CC[C@@H]1OC[C@]2(CO)CC[C@H]3OC(=O)[C@@]3(C#C[Si](C)(C)C(C)(C)C)[C@@H]12)(C(C)C)C(C)C. The Balaban J connectivity index is 2.05. The van der Waals surface area contributed by atoms with Crippen LogP contribution in [0, 0.1) is 39.7 Å². The van der Waals surface area contributed by atoms with Gasteiger partial charge in [-0.3, -0.25) is 4.79 Å². The molecule has 0 aromatic heterocycles. The van der Waals surface area contributed by atoms with Gasteiger partial charge in [0.2, 0.25) is 0 Å². The second-order valence-corrected chi connectivity index (χ2v) is 24.8. The van der Waals surface area contributed by atoms with E-state index in [0.29, 0.717) is 29.7 Å². The van der Waals surface area contributed by atoms with Crippen LogP contribution in [0.1, 0.15) is 81.6 Å². The van der Waals surface area contributed by atoms with Crippen molar-refractivity contribution in [3.05, 3.63) is 0 Å². The van der Waals surface area contributed by atoms with E-state index in [9.17, 15) is 9.90 Å². The third-order valence-corrected chi connectivity index (χ3v) is 21.2. The molecule has 0 unspecified atom stereocenters. The van der Waals surface area contributed by atoms with Crippen LogP contribution in [0.5, 0.6) is 0 Å². The molecule has 0 bridgehead atoms. The average molecular weight is 531 g/mol. The second kappa shape index (κ2) is 9.92. The van der Waals surface area contributed by atoms with E-state index in [1.165, 1.54) is 0 Å². The van der Waals surface area contributed by atoms with Crippen molar-refractivity contribution in [1.82, 2.24) is 0 Å². The van der Waals surface area contributed by atoms with Gasteiger partial charge in [0, 0.05) is 17.8 Å². The molecule has 0 aromatic carbocycles. The van der Waals surface area contributed by atoms with Crippen LogP contribution in [0.25, 0.3) is 0 Å². The Kier molecular flexibility index (Phi) is 8.13. The predicted molar refractivity (Wildman–Crippen MR) is 153 cm³/mol. The van der Waals surface area contributed by atoms with Crippen LogP contribution in [-0.2, 0) is 14.3 Å². The van der Waals surface area contributed by atoms with Gasteiger partial charge >= 0.3 is 5.97 Å². The molecule has 5 atom stereocenters. The predicted octanol–water partition coefficient (Wildman–Crippen LogP) is 6.35. The Bertz CT molecular complexity index is 949. The van der Waals surface area contributed by atoms with Crippen molar-refractivity contribution >= 4 is 22.1 Å². The van der Waals surface area contributed by atoms with Gasteiger partial charge in [-0.15, -0.1) is 17.0 Å². The molecule has 2 heterocycles. The molecule has 0 radical (unpaired) electrons. The normalized spacial score (nSPS) is 32.2. The van der Waals surface area contributed by atoms with Gasteiger partial charge in [-0.05, 0) is 34.5 Å². The number of aliphatic hydroxyl groups excluding tert-OH is 1. The number of carbonyl (C=O) groups excluding carboxylic acids is 1. The molecule has 3 aliphatic rings. The first-order valence-electron chi connectivity index (χ1n) is 14.0. The minimum absolute atomic E-state index is 0.00773. The van der Waals surface area contributed by atoms with Crippen LogP contribution in [0.3, 0.4) is 0 Å². The summed E-state index contributed by atoms with van der Waals surface area (Å²) in [6.07, 6.45) is 1.69. The van der Waals surface area contributed by atoms with Gasteiger partial charge in [0.15, 0.2) is 5.41 Å². The zero-order valence-electron chi connectivity index (χ0n) is 24.7. The minimum atomic E-state index is -1.94. The van der Waals surface area contributed by atoms with Crippen molar-refractivity contribution in [2.75, 3.05) is 13.2 Å². The molecule has 2 aliphatic heterocycles. The van der Waals surface area contributed by atoms with Gasteiger partial charge in [0.05, 0.1) is 19.3 Å². The summed E-state index contributed by atoms with van der Waals surface area (Å²) >= 11 is 0. The lowest BCUT2D eigenvalue weighted by Gasteiger charge is -2.56. The smallest absolute Gasteiger partial charge is 0.328 e. The molecule has 4 nitrogen and oxygen atoms in total. The van der Waals surface area contributed by atoms with Gasteiger partial charge in [0.1, 0.15) is 22.3 Å². The quantitative estimate of drug-likeness (QED) is 0.256. The van der Waals surface area contributed by atoms with Crippen molar-refractivity contribution < 1.29 is 19.4 Å². The molecule has 1 saturated carbocycles. The Morgan fingerprint density at radius 2 is 1.64 bits per heavy atom. The fourth-order valence-corrected chi connectivity index (χ4v) is 13.2. The number of hydrogen-bond donors (Lipinski definition) is 1. The molecule has 3 rings (SSSR count). The van der Waals surface area contributed by atoms with E-state index in [2.05, 4.69) is 98.3 Å². The number of esters is 1. The van der Waals surface area contributed by atoms with Crippen LogP contribution >= 0.6 is 0 Å². The number of hydrogen-bond acceptors (Lipinski definition) is 4. The topological polar surface area (TPSA) is 55.8 Å². The lowest BCUT2D eigenvalue weighted by molar-refractivity contribution is -0.227. The van der Waals surface area contributed by atoms with E-state index < -0.39 is 27.0 Å². The average Bonchev–Trinajstić information content (AvgIpc) is 3.12. The molecule has 6 heteroatoms. The Morgan fingerprint density at radius 3 is 2.11 bits per heavy atom. The molecule has 202 valence electrons. The fourth-order valence-electron chi connectivity index (χ4n) is 7.08. The Morgan fingerprint density at radius 1 is 1.06 bits per heavy atom. The van der Waals surface area contributed by atoms with E-state index in [1.54, 1.807) is 0 Å². The number of carbonyl (C=O) groups is 1. The minimum Gasteiger partial charge on any atom is -0.459 e. The van der Waals surface area contributed by atoms with E-state index in [4.69, 9.17) is 9.47 Å². The van der Waals surface area contributed by atoms with Gasteiger partial charge in [-0.2, -0.15) is 0 Å². The molecular formula is C30H50O4Si2. The van der Waals surface area contributed by atoms with Crippen LogP contribution in [0.4, 0.5) is 0 Å². The molecule has 0 aromatic rings. The third kappa shape index (κ3) is 4.45. The molecule has 0 amide bonds. The highest BCUT2D eigenvalue weighted by atomic mass is 28.3. The monoisotopic (exact) mass is 530 g/mol. The molecular weight excluding hydrogens is 480 g/mol. The first-order valence-corrected chi connectivity index (χ1v) is 19.2. The van der Waals surface area contributed by atoms with Gasteiger partial charge < -0.3 is 14.6 Å². The second-order valence-electron chi connectivity index (χ2n) is 14.2. The van der Waals surface area contributed by atoms with Crippen LogP contribution < -0.4 is 0 Å². The molecule has 3 fully saturated rings. The number of rotatable bonds is 5. The number of fused-ring (bicyclic) bond motifs is 3.